The van der Waals surface area contributed by atoms with Gasteiger partial charge in [0.2, 0.25) is 5.95 Å². The Kier molecular flexibility index (Phi) is 6.17. The van der Waals surface area contributed by atoms with E-state index in [2.05, 4.69) is 27.1 Å². The van der Waals surface area contributed by atoms with Crippen molar-refractivity contribution in [2.45, 2.75) is 32.4 Å². The van der Waals surface area contributed by atoms with Crippen LogP contribution in [0.4, 0.5) is 5.95 Å². The van der Waals surface area contributed by atoms with E-state index in [0.717, 1.165) is 50.7 Å². The second kappa shape index (κ2) is 8.14. The highest BCUT2D eigenvalue weighted by Crippen LogP contribution is 2.09. The van der Waals surface area contributed by atoms with Crippen molar-refractivity contribution >= 4 is 5.95 Å². The second-order valence-corrected chi connectivity index (χ2v) is 5.06. The SMILES string of the molecule is CCCC(O)CNCc1cnc(N2CCOCC2)nc1. The lowest BCUT2D eigenvalue weighted by Gasteiger charge is -2.26. The quantitative estimate of drug-likeness (QED) is 0.761. The number of hydrogen-bond donors (Lipinski definition) is 2. The van der Waals surface area contributed by atoms with E-state index in [1.54, 1.807) is 0 Å². The minimum Gasteiger partial charge on any atom is -0.392 e. The molecule has 6 nitrogen and oxygen atoms in total. The van der Waals surface area contributed by atoms with Crippen LogP contribution < -0.4 is 10.2 Å². The van der Waals surface area contributed by atoms with Crippen LogP contribution in [-0.2, 0) is 11.3 Å². The maximum atomic E-state index is 9.63. The summed E-state index contributed by atoms with van der Waals surface area (Å²) in [6, 6.07) is 0. The molecular weight excluding hydrogens is 256 g/mol. The van der Waals surface area contributed by atoms with E-state index in [1.807, 2.05) is 12.4 Å². The van der Waals surface area contributed by atoms with Crippen molar-refractivity contribution < 1.29 is 9.84 Å². The maximum absolute atomic E-state index is 9.63. The Balaban J connectivity index is 1.76. The third-order valence-corrected chi connectivity index (χ3v) is 3.32. The van der Waals surface area contributed by atoms with Crippen LogP contribution in [0.2, 0.25) is 0 Å². The molecule has 112 valence electrons. The molecule has 1 aromatic heterocycles. The first-order chi connectivity index (χ1) is 9.79. The van der Waals surface area contributed by atoms with E-state index >= 15 is 0 Å². The van der Waals surface area contributed by atoms with Crippen molar-refractivity contribution in [3.8, 4) is 0 Å². The summed E-state index contributed by atoms with van der Waals surface area (Å²) >= 11 is 0. The van der Waals surface area contributed by atoms with Crippen LogP contribution in [0, 0.1) is 0 Å². The fourth-order valence-electron chi connectivity index (χ4n) is 2.18. The van der Waals surface area contributed by atoms with E-state index in [0.29, 0.717) is 13.1 Å². The van der Waals surface area contributed by atoms with Crippen LogP contribution in [-0.4, -0.2) is 54.0 Å². The number of anilines is 1. The first-order valence-electron chi connectivity index (χ1n) is 7.32. The number of morpholine rings is 1. The number of ether oxygens (including phenoxy) is 1. The van der Waals surface area contributed by atoms with E-state index < -0.39 is 0 Å². The zero-order chi connectivity index (χ0) is 14.2. The predicted molar refractivity (Wildman–Crippen MR) is 77.7 cm³/mol. The molecular formula is C14H24N4O2. The summed E-state index contributed by atoms with van der Waals surface area (Å²) in [4.78, 5) is 10.9. The van der Waals surface area contributed by atoms with Gasteiger partial charge in [-0.2, -0.15) is 0 Å². The Hall–Kier alpha value is -1.24. The first kappa shape index (κ1) is 15.2. The highest BCUT2D eigenvalue weighted by atomic mass is 16.5. The largest absolute Gasteiger partial charge is 0.392 e. The van der Waals surface area contributed by atoms with Crippen LogP contribution in [0.1, 0.15) is 25.3 Å². The monoisotopic (exact) mass is 280 g/mol. The third kappa shape index (κ3) is 4.70. The van der Waals surface area contributed by atoms with Crippen LogP contribution in [0.25, 0.3) is 0 Å². The number of aromatic nitrogens is 2. The lowest BCUT2D eigenvalue weighted by atomic mass is 10.2. The second-order valence-electron chi connectivity index (χ2n) is 5.06. The lowest BCUT2D eigenvalue weighted by Crippen LogP contribution is -2.37. The summed E-state index contributed by atoms with van der Waals surface area (Å²) in [6.07, 6.45) is 5.25. The molecule has 1 aliphatic rings. The maximum Gasteiger partial charge on any atom is 0.225 e. The fourth-order valence-corrected chi connectivity index (χ4v) is 2.18. The molecule has 0 bridgehead atoms. The zero-order valence-corrected chi connectivity index (χ0v) is 12.1. The van der Waals surface area contributed by atoms with Crippen molar-refractivity contribution in [2.24, 2.45) is 0 Å². The molecule has 2 N–H and O–H groups in total. The average Bonchev–Trinajstić information content (AvgIpc) is 2.49. The average molecular weight is 280 g/mol. The summed E-state index contributed by atoms with van der Waals surface area (Å²) in [5.74, 6) is 0.767. The van der Waals surface area contributed by atoms with E-state index in [9.17, 15) is 5.11 Å². The summed E-state index contributed by atoms with van der Waals surface area (Å²) < 4.78 is 5.31. The summed E-state index contributed by atoms with van der Waals surface area (Å²) in [6.45, 7) is 6.54. The van der Waals surface area contributed by atoms with Gasteiger partial charge in [-0.05, 0) is 6.42 Å². The minimum atomic E-state index is -0.270. The number of nitrogens with zero attached hydrogens (tertiary/aromatic N) is 3. The van der Waals surface area contributed by atoms with Gasteiger partial charge in [0.1, 0.15) is 0 Å². The molecule has 1 aliphatic heterocycles. The van der Waals surface area contributed by atoms with Gasteiger partial charge in [0.15, 0.2) is 0 Å². The van der Waals surface area contributed by atoms with Crippen LogP contribution in [0.3, 0.4) is 0 Å². The predicted octanol–water partition coefficient (Wildman–Crippen LogP) is 0.564. The van der Waals surface area contributed by atoms with E-state index in [4.69, 9.17) is 4.74 Å². The molecule has 6 heteroatoms. The minimum absolute atomic E-state index is 0.270. The molecule has 0 spiro atoms. The van der Waals surface area contributed by atoms with Gasteiger partial charge in [-0.15, -0.1) is 0 Å². The summed E-state index contributed by atoms with van der Waals surface area (Å²) in [5, 5.41) is 12.9. The molecule has 0 saturated carbocycles. The molecule has 1 saturated heterocycles. The number of nitrogens with one attached hydrogen (secondary N) is 1. The van der Waals surface area contributed by atoms with Crippen molar-refractivity contribution in [1.82, 2.24) is 15.3 Å². The van der Waals surface area contributed by atoms with Crippen LogP contribution >= 0.6 is 0 Å². The molecule has 0 aliphatic carbocycles. The molecule has 2 rings (SSSR count). The third-order valence-electron chi connectivity index (χ3n) is 3.32. The highest BCUT2D eigenvalue weighted by Gasteiger charge is 2.13. The van der Waals surface area contributed by atoms with Gasteiger partial charge in [-0.1, -0.05) is 13.3 Å². The Morgan fingerprint density at radius 2 is 2.05 bits per heavy atom. The van der Waals surface area contributed by atoms with Gasteiger partial charge in [0.25, 0.3) is 0 Å². The Labute approximate surface area is 120 Å². The van der Waals surface area contributed by atoms with Crippen molar-refractivity contribution in [3.63, 3.8) is 0 Å². The molecule has 0 aromatic carbocycles. The molecule has 0 amide bonds. The Morgan fingerprint density at radius 1 is 1.35 bits per heavy atom. The number of rotatable bonds is 7. The Bertz CT molecular complexity index is 379. The van der Waals surface area contributed by atoms with Gasteiger partial charge in [-0.3, -0.25) is 0 Å². The van der Waals surface area contributed by atoms with Gasteiger partial charge < -0.3 is 20.1 Å². The first-order valence-corrected chi connectivity index (χ1v) is 7.32. The Morgan fingerprint density at radius 3 is 2.70 bits per heavy atom. The number of hydrogen-bond acceptors (Lipinski definition) is 6. The molecule has 1 unspecified atom stereocenters. The number of aliphatic hydroxyl groups excluding tert-OH is 1. The molecule has 0 radical (unpaired) electrons. The fraction of sp³-hybridized carbons (Fsp3) is 0.714. The number of aliphatic hydroxyl groups is 1. The lowest BCUT2D eigenvalue weighted by molar-refractivity contribution is 0.122. The molecule has 1 aromatic rings. The zero-order valence-electron chi connectivity index (χ0n) is 12.1. The van der Waals surface area contributed by atoms with Gasteiger partial charge in [0.05, 0.1) is 19.3 Å². The molecule has 1 atom stereocenters. The standard InChI is InChI=1S/C14H24N4O2/c1-2-3-13(19)11-15-8-12-9-16-14(17-10-12)18-4-6-20-7-5-18/h9-10,13,15,19H,2-8,11H2,1H3. The van der Waals surface area contributed by atoms with Gasteiger partial charge in [-0.25, -0.2) is 9.97 Å². The van der Waals surface area contributed by atoms with Crippen LogP contribution in [0.5, 0.6) is 0 Å². The van der Waals surface area contributed by atoms with Crippen LogP contribution in [0.15, 0.2) is 12.4 Å². The highest BCUT2D eigenvalue weighted by molar-refractivity contribution is 5.30. The molecule has 1 fully saturated rings. The smallest absolute Gasteiger partial charge is 0.225 e. The van der Waals surface area contributed by atoms with Gasteiger partial charge in [0, 0.05) is 44.1 Å². The normalized spacial score (nSPS) is 17.2. The topological polar surface area (TPSA) is 70.5 Å². The molecule has 2 heterocycles. The van der Waals surface area contributed by atoms with Crippen molar-refractivity contribution in [3.05, 3.63) is 18.0 Å². The van der Waals surface area contributed by atoms with E-state index in [1.165, 1.54) is 0 Å². The summed E-state index contributed by atoms with van der Waals surface area (Å²) in [7, 11) is 0. The van der Waals surface area contributed by atoms with Gasteiger partial charge >= 0.3 is 0 Å². The molecule has 20 heavy (non-hydrogen) atoms. The van der Waals surface area contributed by atoms with E-state index in [-0.39, 0.29) is 6.10 Å². The summed E-state index contributed by atoms with van der Waals surface area (Å²) in [5.41, 5.74) is 1.03. The van der Waals surface area contributed by atoms with Crippen molar-refractivity contribution in [2.75, 3.05) is 37.7 Å². The van der Waals surface area contributed by atoms with Crippen molar-refractivity contribution in [1.29, 1.82) is 0 Å².